The average molecular weight is 329 g/mol. The molecule has 23 heavy (non-hydrogen) atoms. The lowest BCUT2D eigenvalue weighted by Crippen LogP contribution is -2.40. The van der Waals surface area contributed by atoms with E-state index in [2.05, 4.69) is 5.32 Å². The average Bonchev–Trinajstić information content (AvgIpc) is 3.14. The molecule has 1 aliphatic carbocycles. The number of alkyl carbamates (subject to hydrolysis) is 1. The fourth-order valence-electron chi connectivity index (χ4n) is 2.04. The number of carbonyl (C=O) groups is 3. The van der Waals surface area contributed by atoms with Crippen molar-refractivity contribution in [3.63, 3.8) is 0 Å². The molecule has 1 unspecified atom stereocenters. The normalized spacial score (nSPS) is 17.3. The molecule has 1 amide bonds. The molecule has 2 N–H and O–H groups in total. The number of hydrogen-bond acceptors (Lipinski definition) is 5. The minimum absolute atomic E-state index is 0.0920. The summed E-state index contributed by atoms with van der Waals surface area (Å²) in [5.74, 6) is -1.62. The van der Waals surface area contributed by atoms with E-state index in [4.69, 9.17) is 14.6 Å². The molecule has 1 atom stereocenters. The fourth-order valence-corrected chi connectivity index (χ4v) is 2.04. The number of carbonyl (C=O) groups excluding carboxylic acids is 2. The minimum Gasteiger partial charge on any atom is -0.479 e. The zero-order valence-electron chi connectivity index (χ0n) is 14.5. The topological polar surface area (TPSA) is 102 Å². The van der Waals surface area contributed by atoms with Crippen LogP contribution < -0.4 is 5.32 Å². The second-order valence-electron chi connectivity index (χ2n) is 7.50. The van der Waals surface area contributed by atoms with Crippen molar-refractivity contribution < 1.29 is 29.0 Å². The summed E-state index contributed by atoms with van der Waals surface area (Å²) in [5, 5.41) is 11.7. The number of hydrogen-bond donors (Lipinski definition) is 2. The van der Waals surface area contributed by atoms with Gasteiger partial charge in [-0.25, -0.2) is 9.59 Å². The smallest absolute Gasteiger partial charge is 0.407 e. The molecule has 1 aliphatic rings. The largest absolute Gasteiger partial charge is 0.479 e. The van der Waals surface area contributed by atoms with Gasteiger partial charge in [-0.05, 0) is 46.0 Å². The molecule has 1 rings (SSSR count). The first-order chi connectivity index (χ1) is 10.4. The monoisotopic (exact) mass is 329 g/mol. The van der Waals surface area contributed by atoms with Crippen LogP contribution in [-0.2, 0) is 19.1 Å². The summed E-state index contributed by atoms with van der Waals surface area (Å²) in [6.07, 6.45) is -0.364. The Labute approximate surface area is 136 Å². The molecule has 0 spiro atoms. The number of esters is 1. The first-order valence-corrected chi connectivity index (χ1v) is 7.86. The number of nitrogens with one attached hydrogen (secondary N) is 1. The molecule has 0 saturated heterocycles. The predicted octanol–water partition coefficient (Wildman–Crippen LogP) is 2.33. The summed E-state index contributed by atoms with van der Waals surface area (Å²) in [5.41, 5.74) is -1.44. The lowest BCUT2D eigenvalue weighted by molar-refractivity contribution is -0.169. The molecule has 1 saturated carbocycles. The second kappa shape index (κ2) is 7.19. The number of amides is 1. The molecule has 0 bridgehead atoms. The van der Waals surface area contributed by atoms with Crippen molar-refractivity contribution >= 4 is 18.0 Å². The molecule has 1 fully saturated rings. The number of carboxylic acids is 1. The number of ether oxygens (including phenoxy) is 2. The highest BCUT2D eigenvalue weighted by atomic mass is 16.6. The standard InChI is InChI=1S/C16H27NO6/c1-10(2)8-11(12(18)19)22-13(20)16(6-7-16)9-17-14(21)23-15(3,4)5/h10-11H,6-9H2,1-5H3,(H,17,21)(H,18,19). The Balaban J connectivity index is 2.54. The van der Waals surface area contributed by atoms with Gasteiger partial charge in [0.25, 0.3) is 0 Å². The Morgan fingerprint density at radius 3 is 2.17 bits per heavy atom. The summed E-state index contributed by atoms with van der Waals surface area (Å²) >= 11 is 0. The first-order valence-electron chi connectivity index (χ1n) is 7.86. The summed E-state index contributed by atoms with van der Waals surface area (Å²) in [4.78, 5) is 35.1. The van der Waals surface area contributed by atoms with Crippen molar-refractivity contribution in [3.05, 3.63) is 0 Å². The highest BCUT2D eigenvalue weighted by Crippen LogP contribution is 2.46. The van der Waals surface area contributed by atoms with Gasteiger partial charge in [0, 0.05) is 6.54 Å². The summed E-state index contributed by atoms with van der Waals surface area (Å²) in [6, 6.07) is 0. The SMILES string of the molecule is CC(C)CC(OC(=O)C1(CNC(=O)OC(C)(C)C)CC1)C(=O)O. The molecule has 0 aromatic heterocycles. The third kappa shape index (κ3) is 6.46. The van der Waals surface area contributed by atoms with Crippen LogP contribution in [0, 0.1) is 11.3 Å². The van der Waals surface area contributed by atoms with Crippen LogP contribution >= 0.6 is 0 Å². The number of rotatable bonds is 7. The van der Waals surface area contributed by atoms with Crippen molar-refractivity contribution in [2.45, 2.75) is 65.6 Å². The van der Waals surface area contributed by atoms with Crippen LogP contribution in [0.25, 0.3) is 0 Å². The molecular formula is C16H27NO6. The van der Waals surface area contributed by atoms with Crippen LogP contribution in [0.2, 0.25) is 0 Å². The molecule has 7 nitrogen and oxygen atoms in total. The van der Waals surface area contributed by atoms with E-state index in [1.165, 1.54) is 0 Å². The molecular weight excluding hydrogens is 302 g/mol. The van der Waals surface area contributed by atoms with Gasteiger partial charge in [-0.15, -0.1) is 0 Å². The van der Waals surface area contributed by atoms with Crippen LogP contribution in [0.3, 0.4) is 0 Å². The van der Waals surface area contributed by atoms with Crippen molar-refractivity contribution in [2.24, 2.45) is 11.3 Å². The van der Waals surface area contributed by atoms with E-state index in [9.17, 15) is 14.4 Å². The Bertz CT molecular complexity index is 462. The molecule has 0 aromatic carbocycles. The Hall–Kier alpha value is -1.79. The highest BCUT2D eigenvalue weighted by Gasteiger charge is 2.52. The maximum atomic E-state index is 12.2. The zero-order valence-corrected chi connectivity index (χ0v) is 14.5. The van der Waals surface area contributed by atoms with Gasteiger partial charge in [-0.3, -0.25) is 4.79 Å². The van der Waals surface area contributed by atoms with Gasteiger partial charge in [0.2, 0.25) is 0 Å². The highest BCUT2D eigenvalue weighted by molar-refractivity contribution is 5.84. The van der Waals surface area contributed by atoms with Crippen molar-refractivity contribution in [2.75, 3.05) is 6.54 Å². The molecule has 132 valence electrons. The summed E-state index contributed by atoms with van der Waals surface area (Å²) in [6.45, 7) is 9.06. The van der Waals surface area contributed by atoms with Crippen LogP contribution in [0.1, 0.15) is 53.9 Å². The Kier molecular flexibility index (Phi) is 6.02. The number of aliphatic carboxylic acids is 1. The zero-order chi connectivity index (χ0) is 17.8. The molecule has 0 aliphatic heterocycles. The third-order valence-electron chi connectivity index (χ3n) is 3.47. The van der Waals surface area contributed by atoms with E-state index in [-0.39, 0.29) is 18.9 Å². The maximum Gasteiger partial charge on any atom is 0.407 e. The minimum atomic E-state index is -1.15. The lowest BCUT2D eigenvalue weighted by atomic mass is 10.0. The first kappa shape index (κ1) is 19.3. The van der Waals surface area contributed by atoms with Gasteiger partial charge in [0.1, 0.15) is 5.60 Å². The van der Waals surface area contributed by atoms with Crippen LogP contribution in [0.5, 0.6) is 0 Å². The van der Waals surface area contributed by atoms with Crippen molar-refractivity contribution in [1.82, 2.24) is 5.32 Å². The number of carboxylic acid groups (broad SMARTS) is 1. The Morgan fingerprint density at radius 2 is 1.78 bits per heavy atom. The van der Waals surface area contributed by atoms with Crippen molar-refractivity contribution in [3.8, 4) is 0 Å². The van der Waals surface area contributed by atoms with E-state index in [1.54, 1.807) is 20.8 Å². The van der Waals surface area contributed by atoms with Gasteiger partial charge in [0.05, 0.1) is 5.41 Å². The van der Waals surface area contributed by atoms with E-state index in [0.29, 0.717) is 12.8 Å². The Morgan fingerprint density at radius 1 is 1.22 bits per heavy atom. The quantitative estimate of drug-likeness (QED) is 0.695. The summed E-state index contributed by atoms with van der Waals surface area (Å²) in [7, 11) is 0. The van der Waals surface area contributed by atoms with Crippen LogP contribution in [0.15, 0.2) is 0 Å². The van der Waals surface area contributed by atoms with E-state index in [1.807, 2.05) is 13.8 Å². The molecule has 0 radical (unpaired) electrons. The van der Waals surface area contributed by atoms with Crippen LogP contribution in [-0.4, -0.2) is 41.4 Å². The molecule has 7 heteroatoms. The van der Waals surface area contributed by atoms with Gasteiger partial charge in [0.15, 0.2) is 6.10 Å². The lowest BCUT2D eigenvalue weighted by Gasteiger charge is -2.22. The van der Waals surface area contributed by atoms with Gasteiger partial charge < -0.3 is 19.9 Å². The van der Waals surface area contributed by atoms with E-state index < -0.39 is 35.2 Å². The summed E-state index contributed by atoms with van der Waals surface area (Å²) < 4.78 is 10.3. The third-order valence-corrected chi connectivity index (χ3v) is 3.47. The van der Waals surface area contributed by atoms with Gasteiger partial charge in [-0.1, -0.05) is 13.8 Å². The van der Waals surface area contributed by atoms with E-state index >= 15 is 0 Å². The molecule has 0 heterocycles. The molecule has 0 aromatic rings. The van der Waals surface area contributed by atoms with Crippen molar-refractivity contribution in [1.29, 1.82) is 0 Å². The maximum absolute atomic E-state index is 12.2. The van der Waals surface area contributed by atoms with Crippen LogP contribution in [0.4, 0.5) is 4.79 Å². The second-order valence-corrected chi connectivity index (χ2v) is 7.50. The van der Waals surface area contributed by atoms with E-state index in [0.717, 1.165) is 0 Å². The fraction of sp³-hybridized carbons (Fsp3) is 0.812. The van der Waals surface area contributed by atoms with Gasteiger partial charge >= 0.3 is 18.0 Å². The van der Waals surface area contributed by atoms with Gasteiger partial charge in [-0.2, -0.15) is 0 Å². The predicted molar refractivity (Wildman–Crippen MR) is 82.9 cm³/mol.